The van der Waals surface area contributed by atoms with E-state index in [1.807, 2.05) is 28.8 Å². The minimum atomic E-state index is 0.0420. The standard InChI is InChI=1S/C15H11ClN2O/c16-9-1-4-12-11-5-6-17-8-13(11)15(19)18(10-2-3-10)14(12)7-9/h1,4-8,10H,2-3H2. The number of hydrogen-bond donors (Lipinski definition) is 0. The molecule has 1 aliphatic carbocycles. The van der Waals surface area contributed by atoms with E-state index in [4.69, 9.17) is 11.6 Å². The molecule has 94 valence electrons. The predicted octanol–water partition coefficient (Wildman–Crippen LogP) is 3.54. The zero-order chi connectivity index (χ0) is 13.0. The van der Waals surface area contributed by atoms with Gasteiger partial charge >= 0.3 is 0 Å². The Balaban J connectivity index is 2.30. The minimum absolute atomic E-state index is 0.0420. The number of fused-ring (bicyclic) bond motifs is 3. The summed E-state index contributed by atoms with van der Waals surface area (Å²) in [6.07, 6.45) is 5.50. The molecule has 1 saturated carbocycles. The Morgan fingerprint density at radius 1 is 1.16 bits per heavy atom. The number of pyridine rings is 2. The summed E-state index contributed by atoms with van der Waals surface area (Å²) in [6.45, 7) is 0. The lowest BCUT2D eigenvalue weighted by atomic mass is 10.1. The second-order valence-corrected chi connectivity index (χ2v) is 5.43. The van der Waals surface area contributed by atoms with Crippen molar-refractivity contribution in [1.29, 1.82) is 0 Å². The van der Waals surface area contributed by atoms with Crippen LogP contribution in [0.25, 0.3) is 21.7 Å². The summed E-state index contributed by atoms with van der Waals surface area (Å²) in [5, 5.41) is 3.36. The molecule has 0 unspecified atom stereocenters. The molecule has 0 radical (unpaired) electrons. The number of benzene rings is 1. The Hall–Kier alpha value is -1.87. The van der Waals surface area contributed by atoms with Crippen molar-refractivity contribution in [3.05, 3.63) is 52.0 Å². The summed E-state index contributed by atoms with van der Waals surface area (Å²) in [5.74, 6) is 0. The van der Waals surface area contributed by atoms with Crippen LogP contribution >= 0.6 is 11.6 Å². The summed E-state index contributed by atoms with van der Waals surface area (Å²) in [6, 6.07) is 7.95. The average Bonchev–Trinajstić information content (AvgIpc) is 3.23. The van der Waals surface area contributed by atoms with Crippen molar-refractivity contribution in [1.82, 2.24) is 9.55 Å². The van der Waals surface area contributed by atoms with Gasteiger partial charge in [0.2, 0.25) is 0 Å². The number of aromatic nitrogens is 2. The van der Waals surface area contributed by atoms with E-state index in [0.29, 0.717) is 16.5 Å². The zero-order valence-corrected chi connectivity index (χ0v) is 10.9. The van der Waals surface area contributed by atoms with Crippen LogP contribution < -0.4 is 5.56 Å². The van der Waals surface area contributed by atoms with E-state index in [0.717, 1.165) is 29.1 Å². The third-order valence-corrected chi connectivity index (χ3v) is 3.93. The first kappa shape index (κ1) is 11.0. The van der Waals surface area contributed by atoms with E-state index < -0.39 is 0 Å². The van der Waals surface area contributed by atoms with E-state index >= 15 is 0 Å². The predicted molar refractivity (Wildman–Crippen MR) is 76.8 cm³/mol. The molecule has 3 aromatic rings. The summed E-state index contributed by atoms with van der Waals surface area (Å²) in [5.41, 5.74) is 0.971. The second kappa shape index (κ2) is 3.81. The van der Waals surface area contributed by atoms with E-state index in [1.54, 1.807) is 12.4 Å². The third kappa shape index (κ3) is 1.58. The van der Waals surface area contributed by atoms with Crippen LogP contribution in [-0.2, 0) is 0 Å². The van der Waals surface area contributed by atoms with Gasteiger partial charge < -0.3 is 4.57 Å². The van der Waals surface area contributed by atoms with Gasteiger partial charge in [0.15, 0.2) is 0 Å². The molecule has 0 saturated heterocycles. The second-order valence-electron chi connectivity index (χ2n) is 4.99. The van der Waals surface area contributed by atoms with Crippen LogP contribution in [0.2, 0.25) is 5.02 Å². The van der Waals surface area contributed by atoms with Crippen LogP contribution in [0.5, 0.6) is 0 Å². The van der Waals surface area contributed by atoms with Gasteiger partial charge in [-0.2, -0.15) is 0 Å². The lowest BCUT2D eigenvalue weighted by Gasteiger charge is -2.12. The van der Waals surface area contributed by atoms with Gasteiger partial charge in [0.25, 0.3) is 5.56 Å². The van der Waals surface area contributed by atoms with Crippen molar-refractivity contribution in [3.63, 3.8) is 0 Å². The van der Waals surface area contributed by atoms with Crippen molar-refractivity contribution in [2.75, 3.05) is 0 Å². The fourth-order valence-corrected chi connectivity index (χ4v) is 2.83. The number of hydrogen-bond acceptors (Lipinski definition) is 2. The third-order valence-electron chi connectivity index (χ3n) is 3.69. The van der Waals surface area contributed by atoms with E-state index in [9.17, 15) is 4.79 Å². The Labute approximate surface area is 114 Å². The summed E-state index contributed by atoms with van der Waals surface area (Å²) >= 11 is 6.09. The Bertz CT molecular complexity index is 865. The van der Waals surface area contributed by atoms with Crippen LogP contribution in [-0.4, -0.2) is 9.55 Å². The lowest BCUT2D eigenvalue weighted by Crippen LogP contribution is -2.20. The number of rotatable bonds is 1. The molecule has 1 fully saturated rings. The molecule has 0 N–H and O–H groups in total. The van der Waals surface area contributed by atoms with Gasteiger partial charge in [-0.25, -0.2) is 0 Å². The molecule has 1 aliphatic rings. The quantitative estimate of drug-likeness (QED) is 0.634. The first-order chi connectivity index (χ1) is 9.25. The molecule has 0 amide bonds. The van der Waals surface area contributed by atoms with Crippen molar-refractivity contribution in [2.24, 2.45) is 0 Å². The van der Waals surface area contributed by atoms with Crippen LogP contribution in [0.15, 0.2) is 41.5 Å². The molecule has 19 heavy (non-hydrogen) atoms. The van der Waals surface area contributed by atoms with Crippen molar-refractivity contribution in [2.45, 2.75) is 18.9 Å². The van der Waals surface area contributed by atoms with Crippen LogP contribution in [0.4, 0.5) is 0 Å². The summed E-state index contributed by atoms with van der Waals surface area (Å²) in [4.78, 5) is 16.7. The Kier molecular flexibility index (Phi) is 2.21. The normalized spacial score (nSPS) is 15.2. The molecule has 4 heteroatoms. The first-order valence-electron chi connectivity index (χ1n) is 6.33. The van der Waals surface area contributed by atoms with Crippen molar-refractivity contribution < 1.29 is 0 Å². The SMILES string of the molecule is O=c1c2cnccc2c2ccc(Cl)cc2n1C1CC1. The summed E-state index contributed by atoms with van der Waals surface area (Å²) in [7, 11) is 0. The maximum Gasteiger partial charge on any atom is 0.260 e. The van der Waals surface area contributed by atoms with Crippen LogP contribution in [0, 0.1) is 0 Å². The van der Waals surface area contributed by atoms with Gasteiger partial charge in [-0.05, 0) is 36.4 Å². The van der Waals surface area contributed by atoms with E-state index in [1.165, 1.54) is 0 Å². The van der Waals surface area contributed by atoms with Gasteiger partial charge in [0, 0.05) is 28.8 Å². The lowest BCUT2D eigenvalue weighted by molar-refractivity contribution is 0.746. The molecule has 3 nitrogen and oxygen atoms in total. The van der Waals surface area contributed by atoms with Crippen LogP contribution in [0.3, 0.4) is 0 Å². The molecule has 4 rings (SSSR count). The topological polar surface area (TPSA) is 34.9 Å². The molecule has 0 bridgehead atoms. The highest BCUT2D eigenvalue weighted by molar-refractivity contribution is 6.31. The molecule has 2 aromatic heterocycles. The summed E-state index contributed by atoms with van der Waals surface area (Å²) < 4.78 is 1.88. The molecule has 0 aliphatic heterocycles. The van der Waals surface area contributed by atoms with Gasteiger partial charge in [0.05, 0.1) is 10.9 Å². The fourth-order valence-electron chi connectivity index (χ4n) is 2.67. The van der Waals surface area contributed by atoms with Gasteiger partial charge in [-0.15, -0.1) is 0 Å². The zero-order valence-electron chi connectivity index (χ0n) is 10.1. The highest BCUT2D eigenvalue weighted by atomic mass is 35.5. The number of halogens is 1. The van der Waals surface area contributed by atoms with Crippen molar-refractivity contribution >= 4 is 33.3 Å². The van der Waals surface area contributed by atoms with Gasteiger partial charge in [-0.1, -0.05) is 17.7 Å². The van der Waals surface area contributed by atoms with E-state index in [-0.39, 0.29) is 5.56 Å². The molecule has 0 spiro atoms. The van der Waals surface area contributed by atoms with Crippen molar-refractivity contribution in [3.8, 4) is 0 Å². The molecule has 2 heterocycles. The van der Waals surface area contributed by atoms with E-state index in [2.05, 4.69) is 4.98 Å². The highest BCUT2D eigenvalue weighted by Gasteiger charge is 2.27. The smallest absolute Gasteiger partial charge is 0.260 e. The van der Waals surface area contributed by atoms with Gasteiger partial charge in [0.1, 0.15) is 0 Å². The molecule has 0 atom stereocenters. The first-order valence-corrected chi connectivity index (χ1v) is 6.71. The van der Waals surface area contributed by atoms with Gasteiger partial charge in [-0.3, -0.25) is 9.78 Å². The fraction of sp³-hybridized carbons (Fsp3) is 0.200. The molecule has 1 aromatic carbocycles. The maximum atomic E-state index is 12.6. The average molecular weight is 271 g/mol. The largest absolute Gasteiger partial charge is 0.305 e. The molecular formula is C15H11ClN2O. The van der Waals surface area contributed by atoms with Crippen LogP contribution in [0.1, 0.15) is 18.9 Å². The number of nitrogens with zero attached hydrogens (tertiary/aromatic N) is 2. The Morgan fingerprint density at radius 3 is 2.79 bits per heavy atom. The Morgan fingerprint density at radius 2 is 2.00 bits per heavy atom. The monoisotopic (exact) mass is 270 g/mol. The maximum absolute atomic E-state index is 12.6. The molecular weight excluding hydrogens is 260 g/mol. The highest BCUT2D eigenvalue weighted by Crippen LogP contribution is 2.37. The minimum Gasteiger partial charge on any atom is -0.305 e.